The van der Waals surface area contributed by atoms with Crippen LogP contribution in [0.25, 0.3) is 0 Å². The van der Waals surface area contributed by atoms with Gasteiger partial charge >= 0.3 is 0 Å². The second-order valence-electron chi connectivity index (χ2n) is 5.15. The lowest BCUT2D eigenvalue weighted by atomic mass is 9.94. The van der Waals surface area contributed by atoms with Crippen molar-refractivity contribution >= 4 is 15.9 Å². The van der Waals surface area contributed by atoms with Gasteiger partial charge < -0.3 is 10.1 Å². The summed E-state index contributed by atoms with van der Waals surface area (Å²) in [5, 5.41) is 3.65. The minimum Gasteiger partial charge on any atom is -0.496 e. The van der Waals surface area contributed by atoms with Crippen molar-refractivity contribution in [1.29, 1.82) is 0 Å². The summed E-state index contributed by atoms with van der Waals surface area (Å²) >= 11 is 3.57. The summed E-state index contributed by atoms with van der Waals surface area (Å²) in [5.74, 6) is 1.62. The van der Waals surface area contributed by atoms with Crippen molar-refractivity contribution < 1.29 is 4.74 Å². The van der Waals surface area contributed by atoms with Crippen LogP contribution in [0.5, 0.6) is 5.75 Å². The van der Waals surface area contributed by atoms with E-state index < -0.39 is 0 Å². The molecular weight excluding hydrogens is 302 g/mol. The molecule has 108 valence electrons. The first-order valence-corrected chi connectivity index (χ1v) is 7.98. The lowest BCUT2D eigenvalue weighted by Crippen LogP contribution is -2.24. The number of hydrogen-bond acceptors (Lipinski definition) is 2. The summed E-state index contributed by atoms with van der Waals surface area (Å²) in [6.07, 6.45) is 3.56. The monoisotopic (exact) mass is 327 g/mol. The third kappa shape index (κ3) is 5.15. The molecule has 0 heterocycles. The van der Waals surface area contributed by atoms with Gasteiger partial charge in [0.15, 0.2) is 0 Å². The molecule has 0 fully saturated rings. The van der Waals surface area contributed by atoms with Crippen molar-refractivity contribution in [2.45, 2.75) is 46.1 Å². The average molecular weight is 328 g/mol. The molecule has 19 heavy (non-hydrogen) atoms. The molecule has 0 aliphatic rings. The van der Waals surface area contributed by atoms with Gasteiger partial charge in [-0.2, -0.15) is 0 Å². The predicted molar refractivity (Wildman–Crippen MR) is 85.8 cm³/mol. The van der Waals surface area contributed by atoms with Crippen molar-refractivity contribution in [3.05, 3.63) is 28.2 Å². The third-order valence-corrected chi connectivity index (χ3v) is 4.17. The van der Waals surface area contributed by atoms with E-state index in [4.69, 9.17) is 4.74 Å². The number of methoxy groups -OCH3 is 1. The van der Waals surface area contributed by atoms with Crippen LogP contribution in [0.1, 0.15) is 51.6 Å². The van der Waals surface area contributed by atoms with Gasteiger partial charge in [-0.15, -0.1) is 0 Å². The van der Waals surface area contributed by atoms with Crippen LogP contribution in [0.15, 0.2) is 22.7 Å². The van der Waals surface area contributed by atoms with Gasteiger partial charge in [0.05, 0.1) is 11.6 Å². The van der Waals surface area contributed by atoms with E-state index in [-0.39, 0.29) is 0 Å². The van der Waals surface area contributed by atoms with Crippen molar-refractivity contribution in [2.75, 3.05) is 13.7 Å². The van der Waals surface area contributed by atoms with Crippen LogP contribution in [0.2, 0.25) is 0 Å². The molecule has 2 nitrogen and oxygen atoms in total. The van der Waals surface area contributed by atoms with Crippen LogP contribution in [0.4, 0.5) is 0 Å². The van der Waals surface area contributed by atoms with E-state index in [1.807, 2.05) is 6.07 Å². The molecule has 0 spiro atoms. The summed E-state index contributed by atoms with van der Waals surface area (Å²) in [4.78, 5) is 0. The third-order valence-electron chi connectivity index (χ3n) is 3.55. The smallest absolute Gasteiger partial charge is 0.133 e. The molecule has 0 aliphatic heterocycles. The lowest BCUT2D eigenvalue weighted by Gasteiger charge is -2.22. The molecule has 1 N–H and O–H groups in total. The highest BCUT2D eigenvalue weighted by Crippen LogP contribution is 2.30. The Bertz CT molecular complexity index is 381. The predicted octanol–water partition coefficient (Wildman–Crippen LogP) is 4.93. The van der Waals surface area contributed by atoms with E-state index in [0.717, 1.165) is 29.1 Å². The molecule has 0 amide bonds. The summed E-state index contributed by atoms with van der Waals surface area (Å²) in [6.45, 7) is 7.84. The quantitative estimate of drug-likeness (QED) is 0.730. The maximum absolute atomic E-state index is 5.30. The molecule has 0 saturated carbocycles. The highest BCUT2D eigenvalue weighted by Gasteiger charge is 2.15. The molecule has 1 aromatic rings. The van der Waals surface area contributed by atoms with Crippen molar-refractivity contribution in [3.63, 3.8) is 0 Å². The van der Waals surface area contributed by atoms with E-state index in [1.54, 1.807) is 7.11 Å². The fourth-order valence-corrected chi connectivity index (χ4v) is 2.68. The van der Waals surface area contributed by atoms with Gasteiger partial charge in [0.1, 0.15) is 5.75 Å². The normalized spacial score (nSPS) is 14.2. The molecular formula is C16H26BrNO. The second kappa shape index (κ2) is 8.60. The Morgan fingerprint density at radius 2 is 2.05 bits per heavy atom. The first-order chi connectivity index (χ1) is 9.12. The first kappa shape index (κ1) is 16.5. The van der Waals surface area contributed by atoms with Gasteiger partial charge in [-0.3, -0.25) is 0 Å². The lowest BCUT2D eigenvalue weighted by molar-refractivity contribution is 0.398. The Labute approximate surface area is 126 Å². The highest BCUT2D eigenvalue weighted by molar-refractivity contribution is 9.10. The molecule has 0 aromatic heterocycles. The molecule has 0 aliphatic carbocycles. The van der Waals surface area contributed by atoms with Crippen molar-refractivity contribution in [3.8, 4) is 5.75 Å². The summed E-state index contributed by atoms with van der Waals surface area (Å²) in [5.41, 5.74) is 1.33. The summed E-state index contributed by atoms with van der Waals surface area (Å²) in [6, 6.07) is 6.81. The number of nitrogens with one attached hydrogen (secondary N) is 1. The zero-order valence-electron chi connectivity index (χ0n) is 12.5. The number of rotatable bonds is 8. The van der Waals surface area contributed by atoms with E-state index in [9.17, 15) is 0 Å². The largest absolute Gasteiger partial charge is 0.496 e. The fourth-order valence-electron chi connectivity index (χ4n) is 2.12. The van der Waals surface area contributed by atoms with Gasteiger partial charge in [0.2, 0.25) is 0 Å². The second-order valence-corrected chi connectivity index (χ2v) is 6.00. The Kier molecular flexibility index (Phi) is 7.47. The van der Waals surface area contributed by atoms with Crippen LogP contribution >= 0.6 is 15.9 Å². The van der Waals surface area contributed by atoms with Crippen molar-refractivity contribution in [1.82, 2.24) is 5.32 Å². The number of halogens is 1. The van der Waals surface area contributed by atoms with E-state index in [0.29, 0.717) is 6.04 Å². The molecule has 2 unspecified atom stereocenters. The molecule has 1 aromatic carbocycles. The molecule has 0 radical (unpaired) electrons. The maximum Gasteiger partial charge on any atom is 0.133 e. The number of hydrogen-bond donors (Lipinski definition) is 1. The van der Waals surface area contributed by atoms with Crippen molar-refractivity contribution in [2.24, 2.45) is 5.92 Å². The van der Waals surface area contributed by atoms with Crippen LogP contribution in [-0.4, -0.2) is 13.7 Å². The SMILES string of the molecule is CCCNC(CC(C)CC)c1ccc(OC)c(Br)c1. The maximum atomic E-state index is 5.30. The Balaban J connectivity index is 2.86. The van der Waals surface area contributed by atoms with Crippen LogP contribution in [-0.2, 0) is 0 Å². The summed E-state index contributed by atoms with van der Waals surface area (Å²) < 4.78 is 6.32. The molecule has 0 bridgehead atoms. The molecule has 3 heteroatoms. The Morgan fingerprint density at radius 3 is 2.58 bits per heavy atom. The number of benzene rings is 1. The Morgan fingerprint density at radius 1 is 1.32 bits per heavy atom. The van der Waals surface area contributed by atoms with Crippen LogP contribution in [0, 0.1) is 5.92 Å². The van der Waals surface area contributed by atoms with E-state index in [2.05, 4.69) is 54.2 Å². The average Bonchev–Trinajstić information content (AvgIpc) is 2.43. The van der Waals surface area contributed by atoms with Crippen LogP contribution in [0.3, 0.4) is 0 Å². The first-order valence-electron chi connectivity index (χ1n) is 7.19. The van der Waals surface area contributed by atoms with Gasteiger partial charge in [0.25, 0.3) is 0 Å². The minimum atomic E-state index is 0.428. The van der Waals surface area contributed by atoms with Crippen LogP contribution < -0.4 is 10.1 Å². The van der Waals surface area contributed by atoms with Gasteiger partial charge in [-0.1, -0.05) is 33.3 Å². The highest BCUT2D eigenvalue weighted by atomic mass is 79.9. The van der Waals surface area contributed by atoms with Gasteiger partial charge in [-0.25, -0.2) is 0 Å². The van der Waals surface area contributed by atoms with E-state index >= 15 is 0 Å². The standard InChI is InChI=1S/C16H26BrNO/c1-5-9-18-15(10-12(3)6-2)13-7-8-16(19-4)14(17)11-13/h7-8,11-12,15,18H,5-6,9-10H2,1-4H3. The molecule has 0 saturated heterocycles. The zero-order chi connectivity index (χ0) is 14.3. The van der Waals surface area contributed by atoms with E-state index in [1.165, 1.54) is 18.4 Å². The van der Waals surface area contributed by atoms with Gasteiger partial charge in [-0.05, 0) is 58.9 Å². The summed E-state index contributed by atoms with van der Waals surface area (Å²) in [7, 11) is 1.70. The number of ether oxygens (including phenoxy) is 1. The fraction of sp³-hybridized carbons (Fsp3) is 0.625. The minimum absolute atomic E-state index is 0.428. The van der Waals surface area contributed by atoms with Gasteiger partial charge in [0, 0.05) is 6.04 Å². The topological polar surface area (TPSA) is 21.3 Å². The zero-order valence-corrected chi connectivity index (χ0v) is 14.1. The molecule has 2 atom stereocenters. The Hall–Kier alpha value is -0.540. The molecule has 1 rings (SSSR count).